The lowest BCUT2D eigenvalue weighted by Gasteiger charge is -2.13. The lowest BCUT2D eigenvalue weighted by molar-refractivity contribution is -0.127. The maximum atomic E-state index is 8.08. The first-order valence-corrected chi connectivity index (χ1v) is 10.3. The molecule has 1 saturated carbocycles. The third-order valence-electron chi connectivity index (χ3n) is 4.72. The highest BCUT2D eigenvalue weighted by Crippen LogP contribution is 2.40. The van der Waals surface area contributed by atoms with Gasteiger partial charge < -0.3 is 20.1 Å². The molecule has 27 heavy (non-hydrogen) atoms. The third-order valence-corrected chi connectivity index (χ3v) is 5.03. The van der Waals surface area contributed by atoms with E-state index in [1.807, 2.05) is 20.2 Å². The summed E-state index contributed by atoms with van der Waals surface area (Å²) in [5.74, 6) is -0.708. The number of hydrogen-bond donors (Lipinski definition) is 3. The minimum atomic E-state index is -1.50. The Kier molecular flexibility index (Phi) is 7.11. The van der Waals surface area contributed by atoms with E-state index >= 15 is 0 Å². The molecule has 3 atom stereocenters. The van der Waals surface area contributed by atoms with Crippen molar-refractivity contribution in [3.63, 3.8) is 0 Å². The van der Waals surface area contributed by atoms with Gasteiger partial charge in [-0.05, 0) is 52.4 Å². The van der Waals surface area contributed by atoms with E-state index in [9.17, 15) is 0 Å². The number of halogens is 1. The van der Waals surface area contributed by atoms with Gasteiger partial charge in [-0.15, -0.1) is 0 Å². The van der Waals surface area contributed by atoms with Crippen LogP contribution in [0.5, 0.6) is 0 Å². The molecule has 7 heteroatoms. The largest absolute Gasteiger partial charge is 0.380 e. The fourth-order valence-corrected chi connectivity index (χ4v) is 3.94. The smallest absolute Gasteiger partial charge is 0.163 e. The molecule has 0 spiro atoms. The Morgan fingerprint density at radius 2 is 1.85 bits per heavy atom. The first kappa shape index (κ1) is 21.9. The quantitative estimate of drug-likeness (QED) is 0.487. The van der Waals surface area contributed by atoms with Crippen molar-refractivity contribution < 1.29 is 10.2 Å². The molecule has 3 unspecified atom stereocenters. The molecule has 152 valence electrons. The first-order valence-electron chi connectivity index (χ1n) is 9.89. The number of hydrogen-bond acceptors (Lipinski definition) is 5. The van der Waals surface area contributed by atoms with Crippen LogP contribution in [0.1, 0.15) is 72.4 Å². The molecule has 0 saturated heterocycles. The van der Waals surface area contributed by atoms with Crippen LogP contribution in [-0.2, 0) is 6.42 Å². The Morgan fingerprint density at radius 1 is 1.22 bits per heavy atom. The van der Waals surface area contributed by atoms with Crippen LogP contribution < -0.4 is 5.32 Å². The predicted octanol–water partition coefficient (Wildman–Crippen LogP) is 4.54. The van der Waals surface area contributed by atoms with Gasteiger partial charge in [0.2, 0.25) is 0 Å². The van der Waals surface area contributed by atoms with E-state index in [2.05, 4.69) is 33.7 Å². The van der Waals surface area contributed by atoms with Gasteiger partial charge in [-0.2, -0.15) is 0 Å². The summed E-state index contributed by atoms with van der Waals surface area (Å²) >= 11 is 6.39. The highest BCUT2D eigenvalue weighted by atomic mass is 35.5. The lowest BCUT2D eigenvalue weighted by atomic mass is 10.1. The topological polar surface area (TPSA) is 83.2 Å². The van der Waals surface area contributed by atoms with Crippen LogP contribution in [0.4, 0.5) is 5.69 Å². The zero-order chi connectivity index (χ0) is 20.4. The number of nitrogens with one attached hydrogen (secondary N) is 1. The average molecular weight is 397 g/mol. The summed E-state index contributed by atoms with van der Waals surface area (Å²) in [5.41, 5.74) is 4.14. The molecule has 2 aromatic heterocycles. The predicted molar refractivity (Wildman–Crippen MR) is 111 cm³/mol. The standard InChI is InChI=1S/C15H19ClN4.C3H8O2.C2H6/c1-8-3-4-10(5-8)20-7-17-13-12-11(6-9(2)18-12)14(16)19-15(13)20;1-3(2,4)5;1-2/h7-10,18H,3-6H2,1-2H3;4-5H,1-2H3;1-2H3. The van der Waals surface area contributed by atoms with Gasteiger partial charge in [0.05, 0.1) is 12.0 Å². The van der Waals surface area contributed by atoms with Gasteiger partial charge in [0.15, 0.2) is 11.4 Å². The Morgan fingerprint density at radius 3 is 2.41 bits per heavy atom. The highest BCUT2D eigenvalue weighted by molar-refractivity contribution is 6.31. The van der Waals surface area contributed by atoms with Crippen molar-refractivity contribution in [1.29, 1.82) is 0 Å². The van der Waals surface area contributed by atoms with Gasteiger partial charge in [-0.1, -0.05) is 32.4 Å². The normalized spacial score (nSPS) is 23.8. The van der Waals surface area contributed by atoms with Gasteiger partial charge in [0.1, 0.15) is 10.7 Å². The average Bonchev–Trinajstić information content (AvgIpc) is 3.25. The van der Waals surface area contributed by atoms with Gasteiger partial charge in [-0.3, -0.25) is 0 Å². The van der Waals surface area contributed by atoms with Crippen LogP contribution in [0.2, 0.25) is 5.15 Å². The molecule has 0 radical (unpaired) electrons. The van der Waals surface area contributed by atoms with E-state index in [0.717, 1.165) is 34.8 Å². The fraction of sp³-hybridized carbons (Fsp3) is 0.700. The molecule has 6 nitrogen and oxygen atoms in total. The van der Waals surface area contributed by atoms with Crippen molar-refractivity contribution in [2.24, 2.45) is 5.92 Å². The van der Waals surface area contributed by atoms with E-state index in [1.54, 1.807) is 0 Å². The van der Waals surface area contributed by atoms with E-state index in [4.69, 9.17) is 21.8 Å². The molecule has 1 aliphatic heterocycles. The van der Waals surface area contributed by atoms with Gasteiger partial charge in [0.25, 0.3) is 0 Å². The molecule has 3 N–H and O–H groups in total. The van der Waals surface area contributed by atoms with Crippen molar-refractivity contribution in [2.75, 3.05) is 5.32 Å². The van der Waals surface area contributed by atoms with Crippen LogP contribution in [0.25, 0.3) is 11.2 Å². The summed E-state index contributed by atoms with van der Waals surface area (Å²) in [7, 11) is 0. The van der Waals surface area contributed by atoms with Crippen LogP contribution in [-0.4, -0.2) is 36.6 Å². The molecule has 2 aromatic rings. The molecule has 0 bridgehead atoms. The van der Waals surface area contributed by atoms with Crippen molar-refractivity contribution in [3.8, 4) is 0 Å². The van der Waals surface area contributed by atoms with Gasteiger partial charge in [0, 0.05) is 17.6 Å². The van der Waals surface area contributed by atoms with Crippen LogP contribution in [0.3, 0.4) is 0 Å². The number of nitrogens with zero attached hydrogens (tertiary/aromatic N) is 3. The Hall–Kier alpha value is -1.37. The van der Waals surface area contributed by atoms with Gasteiger partial charge >= 0.3 is 0 Å². The second-order valence-electron chi connectivity index (χ2n) is 7.90. The van der Waals surface area contributed by atoms with Crippen LogP contribution in [0.15, 0.2) is 6.33 Å². The summed E-state index contributed by atoms with van der Waals surface area (Å²) in [6, 6.07) is 0.932. The van der Waals surface area contributed by atoms with Crippen molar-refractivity contribution in [3.05, 3.63) is 17.0 Å². The molecule has 0 amide bonds. The number of anilines is 1. The molecule has 1 aliphatic carbocycles. The van der Waals surface area contributed by atoms with Crippen LogP contribution in [0, 0.1) is 5.92 Å². The van der Waals surface area contributed by atoms with Gasteiger partial charge in [-0.25, -0.2) is 9.97 Å². The summed E-state index contributed by atoms with van der Waals surface area (Å²) < 4.78 is 2.23. The van der Waals surface area contributed by atoms with Crippen LogP contribution >= 0.6 is 11.6 Å². The first-order chi connectivity index (χ1) is 12.6. The number of imidazole rings is 1. The molecule has 1 fully saturated rings. The summed E-state index contributed by atoms with van der Waals surface area (Å²) in [6.45, 7) is 11.1. The van der Waals surface area contributed by atoms with E-state index < -0.39 is 5.79 Å². The fourth-order valence-electron chi connectivity index (χ4n) is 3.69. The molecule has 0 aromatic carbocycles. The molecule has 2 aliphatic rings. The monoisotopic (exact) mass is 396 g/mol. The third kappa shape index (κ3) is 5.33. The lowest BCUT2D eigenvalue weighted by Crippen LogP contribution is -2.15. The number of rotatable bonds is 1. The number of aromatic nitrogens is 3. The van der Waals surface area contributed by atoms with Crippen molar-refractivity contribution in [2.45, 2.75) is 85.1 Å². The Labute approximate surface area is 167 Å². The zero-order valence-electron chi connectivity index (χ0n) is 17.3. The molecule has 3 heterocycles. The van der Waals surface area contributed by atoms with E-state index in [1.165, 1.54) is 33.1 Å². The molecular formula is C20H33ClN4O2. The molecular weight excluding hydrogens is 364 g/mol. The summed E-state index contributed by atoms with van der Waals surface area (Å²) in [4.78, 5) is 9.25. The number of aliphatic hydroxyl groups is 2. The SMILES string of the molecule is CC.CC(C)(O)O.CC1CCC(n2cnc3c4c(c(Cl)nc32)CC(C)N4)C1. The number of fused-ring (bicyclic) bond motifs is 3. The van der Waals surface area contributed by atoms with E-state index in [-0.39, 0.29) is 0 Å². The Balaban J connectivity index is 0.000000327. The summed E-state index contributed by atoms with van der Waals surface area (Å²) in [6.07, 6.45) is 6.60. The highest BCUT2D eigenvalue weighted by Gasteiger charge is 2.29. The van der Waals surface area contributed by atoms with Crippen molar-refractivity contribution >= 4 is 28.5 Å². The number of pyridine rings is 1. The Bertz CT molecular complexity index is 763. The maximum Gasteiger partial charge on any atom is 0.163 e. The summed E-state index contributed by atoms with van der Waals surface area (Å²) in [5, 5.41) is 20.3. The second-order valence-corrected chi connectivity index (χ2v) is 8.25. The second kappa shape index (κ2) is 8.76. The molecule has 4 rings (SSSR count). The minimum absolute atomic E-state index is 0.409. The van der Waals surface area contributed by atoms with Crippen molar-refractivity contribution in [1.82, 2.24) is 14.5 Å². The minimum Gasteiger partial charge on any atom is -0.380 e. The maximum absolute atomic E-state index is 8.08. The van der Waals surface area contributed by atoms with E-state index in [0.29, 0.717) is 17.2 Å². The zero-order valence-corrected chi connectivity index (χ0v) is 18.0.